The van der Waals surface area contributed by atoms with E-state index in [0.29, 0.717) is 17.1 Å². The van der Waals surface area contributed by atoms with Gasteiger partial charge in [-0.2, -0.15) is 0 Å². The molecule has 3 amide bonds. The summed E-state index contributed by atoms with van der Waals surface area (Å²) in [4.78, 5) is 22.6. The first-order chi connectivity index (χ1) is 8.67. The number of urea groups is 1. The number of methoxy groups -OCH3 is 1. The van der Waals surface area contributed by atoms with E-state index in [1.165, 1.54) is 0 Å². The molecule has 0 aliphatic carbocycles. The van der Waals surface area contributed by atoms with Crippen LogP contribution in [0.3, 0.4) is 0 Å². The zero-order chi connectivity index (χ0) is 12.7. The standard InChI is InChI=1S/C12H10N2O4/c1-17-7-3-2-6-4-9(18-8(6)5-7)10-11(15)14-12(16)13-10/h2-5,10H,1H3,(H2,13,14,15,16). The van der Waals surface area contributed by atoms with Crippen LogP contribution in [0.25, 0.3) is 11.0 Å². The molecule has 1 unspecified atom stereocenters. The monoisotopic (exact) mass is 246 g/mol. The van der Waals surface area contributed by atoms with Crippen LogP contribution in [-0.4, -0.2) is 19.0 Å². The normalized spacial score (nSPS) is 18.8. The molecule has 3 rings (SSSR count). The number of carbonyl (C=O) groups excluding carboxylic acids is 2. The van der Waals surface area contributed by atoms with Crippen molar-refractivity contribution >= 4 is 22.9 Å². The number of carbonyl (C=O) groups is 2. The number of imide groups is 1. The molecule has 1 aromatic heterocycles. The third-order valence-electron chi connectivity index (χ3n) is 2.81. The molecule has 1 atom stereocenters. The van der Waals surface area contributed by atoms with Gasteiger partial charge in [-0.1, -0.05) is 0 Å². The lowest BCUT2D eigenvalue weighted by atomic mass is 10.2. The Morgan fingerprint density at radius 3 is 2.78 bits per heavy atom. The fourth-order valence-corrected chi connectivity index (χ4v) is 1.92. The SMILES string of the molecule is COc1ccc2cc(C3NC(=O)NC3=O)oc2c1. The van der Waals surface area contributed by atoms with Crippen molar-refractivity contribution in [2.75, 3.05) is 7.11 Å². The van der Waals surface area contributed by atoms with E-state index in [1.54, 1.807) is 25.3 Å². The predicted octanol–water partition coefficient (Wildman–Crippen LogP) is 1.32. The van der Waals surface area contributed by atoms with E-state index in [-0.39, 0.29) is 0 Å². The summed E-state index contributed by atoms with van der Waals surface area (Å²) in [6.45, 7) is 0. The first kappa shape index (κ1) is 10.6. The Bertz CT molecular complexity index is 647. The van der Waals surface area contributed by atoms with Gasteiger partial charge in [0.1, 0.15) is 17.1 Å². The molecular weight excluding hydrogens is 236 g/mol. The maximum Gasteiger partial charge on any atom is 0.322 e. The van der Waals surface area contributed by atoms with Crippen molar-refractivity contribution in [3.8, 4) is 5.75 Å². The highest BCUT2D eigenvalue weighted by Crippen LogP contribution is 2.28. The molecule has 0 saturated carbocycles. The van der Waals surface area contributed by atoms with Gasteiger partial charge in [-0.15, -0.1) is 0 Å². The van der Waals surface area contributed by atoms with Crippen LogP contribution in [0.2, 0.25) is 0 Å². The molecule has 6 nitrogen and oxygen atoms in total. The third kappa shape index (κ3) is 1.58. The maximum atomic E-state index is 11.5. The number of furan rings is 1. The van der Waals surface area contributed by atoms with Gasteiger partial charge in [0.05, 0.1) is 7.11 Å². The second kappa shape index (κ2) is 3.76. The lowest BCUT2D eigenvalue weighted by molar-refractivity contribution is -0.120. The number of ether oxygens (including phenoxy) is 1. The highest BCUT2D eigenvalue weighted by molar-refractivity contribution is 6.04. The summed E-state index contributed by atoms with van der Waals surface area (Å²) < 4.78 is 10.6. The van der Waals surface area contributed by atoms with Crippen LogP contribution in [0.5, 0.6) is 5.75 Å². The van der Waals surface area contributed by atoms with Crippen molar-refractivity contribution in [2.45, 2.75) is 6.04 Å². The second-order valence-corrected chi connectivity index (χ2v) is 3.95. The molecule has 2 N–H and O–H groups in total. The number of nitrogens with one attached hydrogen (secondary N) is 2. The minimum absolute atomic E-state index is 0.404. The van der Waals surface area contributed by atoms with Gasteiger partial charge in [0.25, 0.3) is 5.91 Å². The van der Waals surface area contributed by atoms with Gasteiger partial charge in [0, 0.05) is 11.5 Å². The maximum absolute atomic E-state index is 11.5. The highest BCUT2D eigenvalue weighted by Gasteiger charge is 2.33. The Labute approximate surface area is 102 Å². The fourth-order valence-electron chi connectivity index (χ4n) is 1.92. The molecule has 1 aliphatic rings. The molecule has 1 aromatic carbocycles. The molecule has 2 aromatic rings. The number of hydrogen-bond acceptors (Lipinski definition) is 4. The number of rotatable bonds is 2. The summed E-state index contributed by atoms with van der Waals surface area (Å²) >= 11 is 0. The van der Waals surface area contributed by atoms with Gasteiger partial charge in [-0.05, 0) is 18.2 Å². The van der Waals surface area contributed by atoms with Crippen molar-refractivity contribution in [1.82, 2.24) is 10.6 Å². The third-order valence-corrected chi connectivity index (χ3v) is 2.81. The average Bonchev–Trinajstić information content (AvgIpc) is 2.90. The van der Waals surface area contributed by atoms with Gasteiger partial charge >= 0.3 is 6.03 Å². The van der Waals surface area contributed by atoms with Crippen LogP contribution in [0, 0.1) is 0 Å². The minimum atomic E-state index is -0.768. The molecule has 2 heterocycles. The lowest BCUT2D eigenvalue weighted by Crippen LogP contribution is -2.22. The molecule has 18 heavy (non-hydrogen) atoms. The van der Waals surface area contributed by atoms with E-state index in [0.717, 1.165) is 5.39 Å². The molecule has 1 aliphatic heterocycles. The topological polar surface area (TPSA) is 80.6 Å². The van der Waals surface area contributed by atoms with Crippen LogP contribution < -0.4 is 15.4 Å². The van der Waals surface area contributed by atoms with Crippen LogP contribution in [-0.2, 0) is 4.79 Å². The Hall–Kier alpha value is -2.50. The van der Waals surface area contributed by atoms with Gasteiger partial charge < -0.3 is 14.5 Å². The molecule has 0 radical (unpaired) electrons. The molecular formula is C12H10N2O4. The van der Waals surface area contributed by atoms with Crippen molar-refractivity contribution < 1.29 is 18.7 Å². The van der Waals surface area contributed by atoms with E-state index in [4.69, 9.17) is 9.15 Å². The molecule has 1 fully saturated rings. The number of amides is 3. The van der Waals surface area contributed by atoms with Gasteiger partial charge in [0.15, 0.2) is 6.04 Å². The highest BCUT2D eigenvalue weighted by atomic mass is 16.5. The zero-order valence-electron chi connectivity index (χ0n) is 9.52. The predicted molar refractivity (Wildman–Crippen MR) is 62.2 cm³/mol. The minimum Gasteiger partial charge on any atom is -0.497 e. The summed E-state index contributed by atoms with van der Waals surface area (Å²) in [6.07, 6.45) is 0. The first-order valence-corrected chi connectivity index (χ1v) is 5.36. The quantitative estimate of drug-likeness (QED) is 0.783. The van der Waals surface area contributed by atoms with Gasteiger partial charge in [0.2, 0.25) is 0 Å². The van der Waals surface area contributed by atoms with Crippen molar-refractivity contribution in [2.24, 2.45) is 0 Å². The summed E-state index contributed by atoms with van der Waals surface area (Å²) in [5, 5.41) is 5.49. The van der Waals surface area contributed by atoms with Crippen molar-refractivity contribution in [1.29, 1.82) is 0 Å². The van der Waals surface area contributed by atoms with Gasteiger partial charge in [-0.25, -0.2) is 4.79 Å². The van der Waals surface area contributed by atoms with E-state index < -0.39 is 18.0 Å². The van der Waals surface area contributed by atoms with Crippen LogP contribution in [0.1, 0.15) is 11.8 Å². The lowest BCUT2D eigenvalue weighted by Gasteiger charge is -2.01. The summed E-state index contributed by atoms with van der Waals surface area (Å²) in [6, 6.07) is 5.81. The molecule has 0 bridgehead atoms. The van der Waals surface area contributed by atoms with Gasteiger partial charge in [-0.3, -0.25) is 10.1 Å². The second-order valence-electron chi connectivity index (χ2n) is 3.95. The summed E-state index contributed by atoms with van der Waals surface area (Å²) in [7, 11) is 1.57. The Morgan fingerprint density at radius 2 is 2.11 bits per heavy atom. The Morgan fingerprint density at radius 1 is 1.28 bits per heavy atom. The van der Waals surface area contributed by atoms with Crippen LogP contribution >= 0.6 is 0 Å². The fraction of sp³-hybridized carbons (Fsp3) is 0.167. The smallest absolute Gasteiger partial charge is 0.322 e. The molecule has 92 valence electrons. The van der Waals surface area contributed by atoms with E-state index in [9.17, 15) is 9.59 Å². The Balaban J connectivity index is 2.03. The largest absolute Gasteiger partial charge is 0.497 e. The average molecular weight is 246 g/mol. The number of hydrogen-bond donors (Lipinski definition) is 2. The Kier molecular flexibility index (Phi) is 2.22. The number of fused-ring (bicyclic) bond motifs is 1. The molecule has 0 spiro atoms. The van der Waals surface area contributed by atoms with E-state index in [2.05, 4.69) is 10.6 Å². The van der Waals surface area contributed by atoms with E-state index >= 15 is 0 Å². The van der Waals surface area contributed by atoms with Crippen molar-refractivity contribution in [3.05, 3.63) is 30.0 Å². The van der Waals surface area contributed by atoms with Crippen molar-refractivity contribution in [3.63, 3.8) is 0 Å². The van der Waals surface area contributed by atoms with Crippen LogP contribution in [0.15, 0.2) is 28.7 Å². The summed E-state index contributed by atoms with van der Waals surface area (Å²) in [5.41, 5.74) is 0.610. The molecule has 6 heteroatoms. The first-order valence-electron chi connectivity index (χ1n) is 5.36. The van der Waals surface area contributed by atoms with Crippen LogP contribution in [0.4, 0.5) is 4.79 Å². The molecule has 1 saturated heterocycles. The number of benzene rings is 1. The summed E-state index contributed by atoms with van der Waals surface area (Å²) in [5.74, 6) is 0.663. The van der Waals surface area contributed by atoms with E-state index in [1.807, 2.05) is 6.07 Å². The zero-order valence-corrected chi connectivity index (χ0v) is 9.52.